The molecule has 0 unspecified atom stereocenters. The van der Waals surface area contributed by atoms with E-state index in [0.29, 0.717) is 11.3 Å². The maximum Gasteiger partial charge on any atom is 0.228 e. The zero-order valence-corrected chi connectivity index (χ0v) is 13.1. The summed E-state index contributed by atoms with van der Waals surface area (Å²) in [6, 6.07) is 15.0. The fourth-order valence-electron chi connectivity index (χ4n) is 3.02. The number of carbonyl (C=O) groups is 1. The van der Waals surface area contributed by atoms with Gasteiger partial charge in [-0.05, 0) is 41.7 Å². The number of anilines is 1. The average molecular weight is 325 g/mol. The summed E-state index contributed by atoms with van der Waals surface area (Å²) in [5, 5.41) is 4.03. The lowest BCUT2D eigenvalue weighted by Crippen LogP contribution is -2.14. The van der Waals surface area contributed by atoms with Crippen LogP contribution in [0.3, 0.4) is 0 Å². The monoisotopic (exact) mass is 325 g/mol. The molecule has 2 aromatic carbocycles. The van der Waals surface area contributed by atoms with Gasteiger partial charge >= 0.3 is 0 Å². The van der Waals surface area contributed by atoms with E-state index in [9.17, 15) is 13.2 Å². The molecule has 1 aliphatic carbocycles. The minimum atomic E-state index is -3.35. The van der Waals surface area contributed by atoms with E-state index in [0.717, 1.165) is 6.42 Å². The molecule has 5 heteroatoms. The maximum atomic E-state index is 12.3. The van der Waals surface area contributed by atoms with Crippen molar-refractivity contribution in [2.24, 2.45) is 5.92 Å². The number of nitrogens with one attached hydrogen (secondary N) is 1. The molecule has 0 radical (unpaired) electrons. The Bertz CT molecular complexity index is 917. The first-order chi connectivity index (χ1) is 11.0. The van der Waals surface area contributed by atoms with E-state index < -0.39 is 9.84 Å². The third-order valence-corrected chi connectivity index (χ3v) is 5.83. The molecule has 0 aromatic heterocycles. The molecule has 1 aliphatic heterocycles. The van der Waals surface area contributed by atoms with E-state index in [-0.39, 0.29) is 22.6 Å². The summed E-state index contributed by atoms with van der Waals surface area (Å²) in [6.07, 6.45) is 2.41. The number of carbonyl (C=O) groups excluding carboxylic acids is 1. The molecule has 1 fully saturated rings. The zero-order chi connectivity index (χ0) is 16.0. The van der Waals surface area contributed by atoms with E-state index in [4.69, 9.17) is 0 Å². The van der Waals surface area contributed by atoms with Crippen LogP contribution in [0.1, 0.15) is 23.5 Å². The third-order valence-electron chi connectivity index (χ3n) is 4.37. The van der Waals surface area contributed by atoms with Gasteiger partial charge in [0.1, 0.15) is 0 Å². The molecule has 2 aromatic rings. The van der Waals surface area contributed by atoms with Crippen molar-refractivity contribution in [2.45, 2.75) is 17.2 Å². The Morgan fingerprint density at radius 3 is 2.65 bits per heavy atom. The summed E-state index contributed by atoms with van der Waals surface area (Å²) in [5.74, 6) is 0.165. The Kier molecular flexibility index (Phi) is 3.13. The van der Waals surface area contributed by atoms with E-state index in [1.165, 1.54) is 17.0 Å². The van der Waals surface area contributed by atoms with Gasteiger partial charge in [0.2, 0.25) is 15.7 Å². The molecular formula is C18H15NO3S. The third kappa shape index (κ3) is 2.57. The summed E-state index contributed by atoms with van der Waals surface area (Å²) in [4.78, 5) is 12.6. The molecule has 4 rings (SSSR count). The predicted octanol–water partition coefficient (Wildman–Crippen LogP) is 3.19. The molecule has 4 nitrogen and oxygen atoms in total. The first kappa shape index (κ1) is 14.2. The number of benzene rings is 2. The summed E-state index contributed by atoms with van der Waals surface area (Å²) in [7, 11) is -3.35. The fourth-order valence-corrected chi connectivity index (χ4v) is 4.25. The molecule has 1 N–H and O–H groups in total. The van der Waals surface area contributed by atoms with Gasteiger partial charge in [0.25, 0.3) is 0 Å². The smallest absolute Gasteiger partial charge is 0.228 e. The second-order valence-electron chi connectivity index (χ2n) is 5.95. The lowest BCUT2D eigenvalue weighted by atomic mass is 10.1. The largest absolute Gasteiger partial charge is 0.326 e. The van der Waals surface area contributed by atoms with Crippen LogP contribution in [-0.2, 0) is 14.6 Å². The highest BCUT2D eigenvalue weighted by molar-refractivity contribution is 7.94. The first-order valence-corrected chi connectivity index (χ1v) is 9.02. The van der Waals surface area contributed by atoms with Crippen molar-refractivity contribution in [3.05, 3.63) is 65.1 Å². The highest BCUT2D eigenvalue weighted by Gasteiger charge is 2.43. The van der Waals surface area contributed by atoms with Crippen LogP contribution in [0, 0.1) is 5.92 Å². The molecular weight excluding hydrogens is 310 g/mol. The van der Waals surface area contributed by atoms with Crippen molar-refractivity contribution in [2.75, 3.05) is 5.32 Å². The SMILES string of the molecule is O=C(Nc1ccc2c(c1)S(=O)(=O)C=C2)[C@@H]1C[C@@H]1c1ccccc1. The molecule has 116 valence electrons. The van der Waals surface area contributed by atoms with Crippen molar-refractivity contribution in [1.82, 2.24) is 0 Å². The molecule has 1 saturated carbocycles. The van der Waals surface area contributed by atoms with E-state index in [1.807, 2.05) is 30.3 Å². The van der Waals surface area contributed by atoms with Crippen LogP contribution in [0.25, 0.3) is 6.08 Å². The van der Waals surface area contributed by atoms with Gasteiger partial charge in [-0.1, -0.05) is 36.4 Å². The van der Waals surface area contributed by atoms with Crippen LogP contribution in [0.5, 0.6) is 0 Å². The summed E-state index contributed by atoms with van der Waals surface area (Å²) < 4.78 is 23.7. The van der Waals surface area contributed by atoms with Gasteiger partial charge in [0, 0.05) is 17.0 Å². The van der Waals surface area contributed by atoms with Gasteiger partial charge in [-0.2, -0.15) is 0 Å². The standard InChI is InChI=1S/C18H15NO3S/c20-18(16-11-15(16)12-4-2-1-3-5-12)19-14-7-6-13-8-9-23(21,22)17(13)10-14/h1-10,15-16H,11H2,(H,19,20)/t15-,16-/m1/s1. The van der Waals surface area contributed by atoms with Crippen molar-refractivity contribution in [3.63, 3.8) is 0 Å². The summed E-state index contributed by atoms with van der Waals surface area (Å²) in [5.41, 5.74) is 2.37. The molecule has 1 amide bonds. The number of hydrogen-bond acceptors (Lipinski definition) is 3. The first-order valence-electron chi connectivity index (χ1n) is 7.48. The molecule has 2 aliphatic rings. The van der Waals surface area contributed by atoms with Crippen LogP contribution in [0.2, 0.25) is 0 Å². The van der Waals surface area contributed by atoms with Crippen LogP contribution >= 0.6 is 0 Å². The maximum absolute atomic E-state index is 12.3. The summed E-state index contributed by atoms with van der Waals surface area (Å²) in [6.45, 7) is 0. The summed E-state index contributed by atoms with van der Waals surface area (Å²) >= 11 is 0. The Morgan fingerprint density at radius 2 is 1.87 bits per heavy atom. The number of fused-ring (bicyclic) bond motifs is 1. The number of rotatable bonds is 3. The van der Waals surface area contributed by atoms with E-state index in [2.05, 4.69) is 5.32 Å². The highest BCUT2D eigenvalue weighted by Crippen LogP contribution is 2.48. The van der Waals surface area contributed by atoms with Crippen LogP contribution < -0.4 is 5.32 Å². The topological polar surface area (TPSA) is 63.2 Å². The van der Waals surface area contributed by atoms with Gasteiger partial charge in [-0.15, -0.1) is 0 Å². The molecule has 0 saturated heterocycles. The second-order valence-corrected chi connectivity index (χ2v) is 7.75. The van der Waals surface area contributed by atoms with Gasteiger partial charge in [0.15, 0.2) is 0 Å². The van der Waals surface area contributed by atoms with Crippen molar-refractivity contribution < 1.29 is 13.2 Å². The number of amides is 1. The Morgan fingerprint density at radius 1 is 1.09 bits per heavy atom. The number of sulfone groups is 1. The van der Waals surface area contributed by atoms with Crippen LogP contribution in [0.15, 0.2) is 58.8 Å². The van der Waals surface area contributed by atoms with Crippen molar-refractivity contribution in [3.8, 4) is 0 Å². The zero-order valence-electron chi connectivity index (χ0n) is 12.3. The minimum absolute atomic E-state index is 0.0413. The normalized spacial score (nSPS) is 23.3. The van der Waals surface area contributed by atoms with E-state index >= 15 is 0 Å². The van der Waals surface area contributed by atoms with Crippen LogP contribution in [0.4, 0.5) is 5.69 Å². The lowest BCUT2D eigenvalue weighted by molar-refractivity contribution is -0.117. The number of hydrogen-bond donors (Lipinski definition) is 1. The Balaban J connectivity index is 1.49. The molecule has 2 atom stereocenters. The lowest BCUT2D eigenvalue weighted by Gasteiger charge is -2.07. The van der Waals surface area contributed by atoms with Gasteiger partial charge in [0.05, 0.1) is 4.90 Å². The second kappa shape index (κ2) is 5.06. The fraction of sp³-hybridized carbons (Fsp3) is 0.167. The van der Waals surface area contributed by atoms with Gasteiger partial charge < -0.3 is 5.32 Å². The molecule has 0 bridgehead atoms. The molecule has 23 heavy (non-hydrogen) atoms. The quantitative estimate of drug-likeness (QED) is 0.942. The predicted molar refractivity (Wildman–Crippen MR) is 88.6 cm³/mol. The van der Waals surface area contributed by atoms with Crippen LogP contribution in [-0.4, -0.2) is 14.3 Å². The van der Waals surface area contributed by atoms with Gasteiger partial charge in [-0.25, -0.2) is 8.42 Å². The van der Waals surface area contributed by atoms with E-state index in [1.54, 1.807) is 18.2 Å². The highest BCUT2D eigenvalue weighted by atomic mass is 32.2. The van der Waals surface area contributed by atoms with Crippen molar-refractivity contribution >= 4 is 27.5 Å². The molecule has 1 heterocycles. The van der Waals surface area contributed by atoms with Gasteiger partial charge in [-0.3, -0.25) is 4.79 Å². The Hall–Kier alpha value is -2.40. The molecule has 0 spiro atoms. The Labute approximate surface area is 134 Å². The minimum Gasteiger partial charge on any atom is -0.326 e. The van der Waals surface area contributed by atoms with Crippen molar-refractivity contribution in [1.29, 1.82) is 0 Å². The average Bonchev–Trinajstić information content (AvgIpc) is 3.30.